The minimum absolute atomic E-state index is 0.206. The monoisotopic (exact) mass is 315 g/mol. The second-order valence-corrected chi connectivity index (χ2v) is 5.09. The highest BCUT2D eigenvalue weighted by Gasteiger charge is 2.19. The smallest absolute Gasteiger partial charge is 0.263 e. The van der Waals surface area contributed by atoms with Gasteiger partial charge in [-0.3, -0.25) is 4.79 Å². The lowest BCUT2D eigenvalue weighted by atomic mass is 10.2. The summed E-state index contributed by atoms with van der Waals surface area (Å²) in [4.78, 5) is 12.5. The summed E-state index contributed by atoms with van der Waals surface area (Å²) in [6.07, 6.45) is 1.51. The molecular weight excluding hydrogens is 306 g/mol. The van der Waals surface area contributed by atoms with E-state index in [4.69, 9.17) is 4.42 Å². The Morgan fingerprint density at radius 2 is 2.41 bits per heavy atom. The van der Waals surface area contributed by atoms with Crippen LogP contribution in [0.25, 0.3) is 0 Å². The van der Waals surface area contributed by atoms with Gasteiger partial charge in [-0.1, -0.05) is 0 Å². The molecule has 2 heterocycles. The molecule has 2 rings (SSSR count). The van der Waals surface area contributed by atoms with Gasteiger partial charge in [-0.2, -0.15) is 0 Å². The van der Waals surface area contributed by atoms with Gasteiger partial charge >= 0.3 is 0 Å². The van der Waals surface area contributed by atoms with E-state index in [-0.39, 0.29) is 12.5 Å². The zero-order valence-electron chi connectivity index (χ0n) is 8.72. The molecule has 90 valence electrons. The number of aliphatic hydroxyl groups excluding tert-OH is 1. The lowest BCUT2D eigenvalue weighted by Gasteiger charge is -2.13. The molecule has 1 atom stereocenters. The van der Waals surface area contributed by atoms with Gasteiger partial charge in [-0.05, 0) is 39.5 Å². The first-order chi connectivity index (χ1) is 8.22. The fourth-order valence-electron chi connectivity index (χ4n) is 1.38. The first-order valence-corrected chi connectivity index (χ1v) is 6.57. The summed E-state index contributed by atoms with van der Waals surface area (Å²) in [6.45, 7) is -0.206. The Labute approximate surface area is 110 Å². The van der Waals surface area contributed by atoms with Crippen LogP contribution < -0.4 is 5.32 Å². The molecule has 17 heavy (non-hydrogen) atoms. The van der Waals surface area contributed by atoms with E-state index < -0.39 is 6.04 Å². The second-order valence-electron chi connectivity index (χ2n) is 3.32. The summed E-state index contributed by atoms with van der Waals surface area (Å²) in [5.74, 6) is 0.302. The fourth-order valence-corrected chi connectivity index (χ4v) is 2.83. The molecule has 0 bridgehead atoms. The predicted molar refractivity (Wildman–Crippen MR) is 68.0 cm³/mol. The molecule has 0 radical (unpaired) electrons. The average Bonchev–Trinajstić information content (AvgIpc) is 2.96. The van der Waals surface area contributed by atoms with E-state index in [9.17, 15) is 9.90 Å². The van der Waals surface area contributed by atoms with Crippen molar-refractivity contribution in [2.75, 3.05) is 6.61 Å². The number of furan rings is 1. The zero-order valence-corrected chi connectivity index (χ0v) is 11.1. The second kappa shape index (κ2) is 5.48. The molecule has 0 aliphatic heterocycles. The van der Waals surface area contributed by atoms with Crippen molar-refractivity contribution in [1.82, 2.24) is 5.32 Å². The molecule has 6 heteroatoms. The summed E-state index contributed by atoms with van der Waals surface area (Å²) in [5.41, 5.74) is 0. The molecule has 0 aliphatic rings. The summed E-state index contributed by atoms with van der Waals surface area (Å²) >= 11 is 4.63. The highest BCUT2D eigenvalue weighted by molar-refractivity contribution is 9.10. The summed E-state index contributed by atoms with van der Waals surface area (Å²) in [7, 11) is 0. The van der Waals surface area contributed by atoms with Gasteiger partial charge < -0.3 is 14.8 Å². The molecule has 0 fully saturated rings. The number of hydrogen-bond donors (Lipinski definition) is 2. The van der Waals surface area contributed by atoms with Gasteiger partial charge in [0.15, 0.2) is 0 Å². The maximum absolute atomic E-state index is 11.9. The van der Waals surface area contributed by atoms with Crippen LogP contribution in [-0.4, -0.2) is 17.6 Å². The van der Waals surface area contributed by atoms with Crippen LogP contribution >= 0.6 is 27.3 Å². The van der Waals surface area contributed by atoms with Gasteiger partial charge in [-0.15, -0.1) is 11.3 Å². The number of aliphatic hydroxyl groups is 1. The third-order valence-corrected chi connectivity index (χ3v) is 4.03. The molecule has 0 aliphatic carbocycles. The Kier molecular flexibility index (Phi) is 3.98. The van der Waals surface area contributed by atoms with Crippen LogP contribution in [0.5, 0.6) is 0 Å². The van der Waals surface area contributed by atoms with Crippen molar-refractivity contribution in [3.63, 3.8) is 0 Å². The zero-order chi connectivity index (χ0) is 12.3. The van der Waals surface area contributed by atoms with Crippen molar-refractivity contribution in [2.45, 2.75) is 6.04 Å². The Morgan fingerprint density at radius 3 is 2.94 bits per heavy atom. The minimum atomic E-state index is -0.522. The number of thiophene rings is 1. The van der Waals surface area contributed by atoms with E-state index in [1.165, 1.54) is 17.6 Å². The molecule has 2 N–H and O–H groups in total. The quantitative estimate of drug-likeness (QED) is 0.911. The molecule has 0 saturated carbocycles. The van der Waals surface area contributed by atoms with Crippen LogP contribution in [-0.2, 0) is 0 Å². The highest BCUT2D eigenvalue weighted by Crippen LogP contribution is 2.23. The summed E-state index contributed by atoms with van der Waals surface area (Å²) in [6, 6.07) is 4.71. The summed E-state index contributed by atoms with van der Waals surface area (Å²) < 4.78 is 5.90. The Bertz CT molecular complexity index is 495. The van der Waals surface area contributed by atoms with Crippen molar-refractivity contribution in [3.8, 4) is 0 Å². The number of carbonyl (C=O) groups excluding carboxylic acids is 1. The maximum atomic E-state index is 11.9. The van der Waals surface area contributed by atoms with Crippen molar-refractivity contribution >= 4 is 33.2 Å². The number of nitrogens with one attached hydrogen (secondary N) is 1. The van der Waals surface area contributed by atoms with Gasteiger partial charge in [0.1, 0.15) is 16.7 Å². The molecule has 2 aromatic heterocycles. The van der Waals surface area contributed by atoms with E-state index >= 15 is 0 Å². The van der Waals surface area contributed by atoms with Gasteiger partial charge in [0, 0.05) is 4.47 Å². The normalized spacial score (nSPS) is 12.4. The molecule has 0 aromatic carbocycles. The van der Waals surface area contributed by atoms with Crippen molar-refractivity contribution in [1.29, 1.82) is 0 Å². The van der Waals surface area contributed by atoms with Gasteiger partial charge in [-0.25, -0.2) is 0 Å². The Balaban J connectivity index is 2.10. The van der Waals surface area contributed by atoms with Crippen LogP contribution in [0, 0.1) is 0 Å². The van der Waals surface area contributed by atoms with Crippen LogP contribution in [0.15, 0.2) is 38.7 Å². The van der Waals surface area contributed by atoms with Crippen LogP contribution in [0.3, 0.4) is 0 Å². The topological polar surface area (TPSA) is 62.5 Å². The van der Waals surface area contributed by atoms with Crippen LogP contribution in [0.4, 0.5) is 0 Å². The molecule has 0 saturated heterocycles. The SMILES string of the molecule is O=C(NC(CO)c1ccco1)c1sccc1Br. The first kappa shape index (κ1) is 12.3. The number of rotatable bonds is 4. The number of amides is 1. The highest BCUT2D eigenvalue weighted by atomic mass is 79.9. The maximum Gasteiger partial charge on any atom is 0.263 e. The molecular formula is C11H10BrNO3S. The molecule has 1 unspecified atom stereocenters. The third-order valence-electron chi connectivity index (χ3n) is 2.20. The standard InChI is InChI=1S/C11H10BrNO3S/c12-7-3-5-17-10(7)11(15)13-8(6-14)9-2-1-4-16-9/h1-5,8,14H,6H2,(H,13,15). The molecule has 2 aromatic rings. The fraction of sp³-hybridized carbons (Fsp3) is 0.182. The number of carbonyl (C=O) groups is 1. The Hall–Kier alpha value is -1.11. The third kappa shape index (κ3) is 2.77. The van der Waals surface area contributed by atoms with Crippen molar-refractivity contribution in [3.05, 3.63) is 45.0 Å². The average molecular weight is 316 g/mol. The molecule has 4 nitrogen and oxygen atoms in total. The van der Waals surface area contributed by atoms with Crippen LogP contribution in [0.2, 0.25) is 0 Å². The lowest BCUT2D eigenvalue weighted by Crippen LogP contribution is -2.30. The number of halogens is 1. The lowest BCUT2D eigenvalue weighted by molar-refractivity contribution is 0.0911. The minimum Gasteiger partial charge on any atom is -0.467 e. The van der Waals surface area contributed by atoms with Gasteiger partial charge in [0.05, 0.1) is 12.9 Å². The number of hydrogen-bond acceptors (Lipinski definition) is 4. The van der Waals surface area contributed by atoms with Gasteiger partial charge in [0.25, 0.3) is 5.91 Å². The van der Waals surface area contributed by atoms with Crippen LogP contribution in [0.1, 0.15) is 21.5 Å². The van der Waals surface area contributed by atoms with Gasteiger partial charge in [0.2, 0.25) is 0 Å². The van der Waals surface area contributed by atoms with Crippen molar-refractivity contribution in [2.24, 2.45) is 0 Å². The largest absolute Gasteiger partial charge is 0.467 e. The summed E-state index contributed by atoms with van der Waals surface area (Å²) in [5, 5.41) is 13.8. The molecule has 0 spiro atoms. The van der Waals surface area contributed by atoms with E-state index in [1.54, 1.807) is 18.2 Å². The van der Waals surface area contributed by atoms with Crippen molar-refractivity contribution < 1.29 is 14.3 Å². The van der Waals surface area contributed by atoms with E-state index in [1.807, 2.05) is 5.38 Å². The van der Waals surface area contributed by atoms with E-state index in [0.29, 0.717) is 10.6 Å². The Morgan fingerprint density at radius 1 is 1.59 bits per heavy atom. The first-order valence-electron chi connectivity index (χ1n) is 4.90. The predicted octanol–water partition coefficient (Wildman–Crippen LogP) is 2.57. The van der Waals surface area contributed by atoms with E-state index in [0.717, 1.165) is 4.47 Å². The van der Waals surface area contributed by atoms with E-state index in [2.05, 4.69) is 21.2 Å². The molecule has 1 amide bonds.